The smallest absolute Gasteiger partial charge is 0.194 e. The number of aromatic nitrogens is 3. The van der Waals surface area contributed by atoms with Crippen LogP contribution < -0.4 is 5.32 Å². The molecule has 1 aromatic heterocycles. The van der Waals surface area contributed by atoms with Crippen LogP contribution in [-0.2, 0) is 20.0 Å². The first-order valence-corrected chi connectivity index (χ1v) is 5.75. The van der Waals surface area contributed by atoms with Gasteiger partial charge in [0.05, 0.1) is 0 Å². The van der Waals surface area contributed by atoms with Gasteiger partial charge in [-0.05, 0) is 17.7 Å². The number of rotatable bonds is 5. The van der Waals surface area contributed by atoms with E-state index in [1.54, 1.807) is 18.1 Å². The van der Waals surface area contributed by atoms with Crippen LogP contribution in [0.1, 0.15) is 11.4 Å². The molecule has 0 radical (unpaired) electrons. The van der Waals surface area contributed by atoms with Gasteiger partial charge < -0.3 is 5.32 Å². The summed E-state index contributed by atoms with van der Waals surface area (Å²) in [6.07, 6.45) is 2.20. The Morgan fingerprint density at radius 1 is 1.21 bits per heavy atom. The monoisotopic (exact) mass is 270 g/mol. The van der Waals surface area contributed by atoms with E-state index in [0.29, 0.717) is 24.4 Å². The van der Waals surface area contributed by atoms with E-state index < -0.39 is 17.5 Å². The predicted octanol–water partition coefficient (Wildman–Crippen LogP) is 1.56. The lowest BCUT2D eigenvalue weighted by molar-refractivity contribution is 0.444. The molecule has 1 heterocycles. The number of halogens is 3. The molecular weight excluding hydrogens is 257 g/mol. The van der Waals surface area contributed by atoms with Crippen molar-refractivity contribution in [1.29, 1.82) is 0 Å². The summed E-state index contributed by atoms with van der Waals surface area (Å²) in [5, 5.41) is 7.08. The van der Waals surface area contributed by atoms with Gasteiger partial charge in [0.25, 0.3) is 0 Å². The topological polar surface area (TPSA) is 42.7 Å². The molecule has 1 N–H and O–H groups in total. The predicted molar refractivity (Wildman–Crippen MR) is 62.7 cm³/mol. The van der Waals surface area contributed by atoms with Gasteiger partial charge in [0.1, 0.15) is 6.33 Å². The molecule has 2 rings (SSSR count). The van der Waals surface area contributed by atoms with Crippen LogP contribution in [-0.4, -0.2) is 21.3 Å². The van der Waals surface area contributed by atoms with Crippen LogP contribution in [0.5, 0.6) is 0 Å². The minimum absolute atomic E-state index is 0.251. The zero-order chi connectivity index (χ0) is 13.8. The van der Waals surface area contributed by atoms with Crippen molar-refractivity contribution in [3.05, 3.63) is 47.3 Å². The van der Waals surface area contributed by atoms with Crippen LogP contribution in [0, 0.1) is 17.5 Å². The molecule has 19 heavy (non-hydrogen) atoms. The standard InChI is InChI=1S/C12H13F3N4/c1-19-7-17-11(18-19)2-3-16-6-8-4-9(13)12(15)10(14)5-8/h4-5,7,16H,2-3,6H2,1H3. The van der Waals surface area contributed by atoms with Gasteiger partial charge in [0.15, 0.2) is 23.3 Å². The highest BCUT2D eigenvalue weighted by molar-refractivity contribution is 5.19. The summed E-state index contributed by atoms with van der Waals surface area (Å²) < 4.78 is 40.2. The molecule has 0 spiro atoms. The Bertz CT molecular complexity index is 545. The minimum atomic E-state index is -1.44. The largest absolute Gasteiger partial charge is 0.312 e. The van der Waals surface area contributed by atoms with Crippen LogP contribution in [0.4, 0.5) is 13.2 Å². The van der Waals surface area contributed by atoms with E-state index >= 15 is 0 Å². The second-order valence-corrected chi connectivity index (χ2v) is 4.13. The number of nitrogens with zero attached hydrogens (tertiary/aromatic N) is 3. The molecule has 7 heteroatoms. The zero-order valence-electron chi connectivity index (χ0n) is 10.3. The first kappa shape index (κ1) is 13.5. The van der Waals surface area contributed by atoms with Crippen LogP contribution in [0.25, 0.3) is 0 Å². The molecule has 0 aliphatic carbocycles. The van der Waals surface area contributed by atoms with Crippen LogP contribution in [0.2, 0.25) is 0 Å². The van der Waals surface area contributed by atoms with Gasteiger partial charge in [0, 0.05) is 26.6 Å². The van der Waals surface area contributed by atoms with Crippen molar-refractivity contribution in [2.24, 2.45) is 7.05 Å². The Morgan fingerprint density at radius 2 is 1.89 bits per heavy atom. The highest BCUT2D eigenvalue weighted by Gasteiger charge is 2.10. The second kappa shape index (κ2) is 5.83. The fraction of sp³-hybridized carbons (Fsp3) is 0.333. The Kier molecular flexibility index (Phi) is 4.16. The van der Waals surface area contributed by atoms with Crippen LogP contribution in [0.3, 0.4) is 0 Å². The van der Waals surface area contributed by atoms with Crippen molar-refractivity contribution in [2.75, 3.05) is 6.54 Å². The average Bonchev–Trinajstić information content (AvgIpc) is 2.77. The summed E-state index contributed by atoms with van der Waals surface area (Å²) in [5.41, 5.74) is 0.352. The molecule has 0 amide bonds. The summed E-state index contributed by atoms with van der Waals surface area (Å²) >= 11 is 0. The van der Waals surface area contributed by atoms with Gasteiger partial charge in [-0.15, -0.1) is 0 Å². The third kappa shape index (κ3) is 3.54. The van der Waals surface area contributed by atoms with E-state index in [9.17, 15) is 13.2 Å². The van der Waals surface area contributed by atoms with Gasteiger partial charge in [-0.25, -0.2) is 18.2 Å². The maximum Gasteiger partial charge on any atom is 0.194 e. The Morgan fingerprint density at radius 3 is 2.47 bits per heavy atom. The average molecular weight is 270 g/mol. The second-order valence-electron chi connectivity index (χ2n) is 4.13. The third-order valence-electron chi connectivity index (χ3n) is 2.55. The molecule has 0 atom stereocenters. The van der Waals surface area contributed by atoms with Crippen molar-refractivity contribution < 1.29 is 13.2 Å². The molecular formula is C12H13F3N4. The number of aryl methyl sites for hydroxylation is 1. The van der Waals surface area contributed by atoms with Crippen molar-refractivity contribution in [2.45, 2.75) is 13.0 Å². The zero-order valence-corrected chi connectivity index (χ0v) is 10.3. The Hall–Kier alpha value is -1.89. The first-order chi connectivity index (χ1) is 9.06. The van der Waals surface area contributed by atoms with Crippen LogP contribution >= 0.6 is 0 Å². The molecule has 4 nitrogen and oxygen atoms in total. The molecule has 0 aliphatic heterocycles. The van der Waals surface area contributed by atoms with Gasteiger partial charge in [0.2, 0.25) is 0 Å². The summed E-state index contributed by atoms with van der Waals surface area (Å²) in [4.78, 5) is 4.04. The maximum atomic E-state index is 13.0. The van der Waals surface area contributed by atoms with E-state index in [1.165, 1.54) is 0 Å². The highest BCUT2D eigenvalue weighted by atomic mass is 19.2. The number of nitrogens with one attached hydrogen (secondary N) is 1. The van der Waals surface area contributed by atoms with E-state index in [1.807, 2.05) is 0 Å². The molecule has 0 aliphatic rings. The molecule has 0 unspecified atom stereocenters. The quantitative estimate of drug-likeness (QED) is 0.662. The normalized spacial score (nSPS) is 10.9. The van der Waals surface area contributed by atoms with Gasteiger partial charge in [-0.1, -0.05) is 0 Å². The lowest BCUT2D eigenvalue weighted by atomic mass is 10.2. The lowest BCUT2D eigenvalue weighted by Gasteiger charge is -2.05. The molecule has 0 fully saturated rings. The first-order valence-electron chi connectivity index (χ1n) is 5.75. The third-order valence-corrected chi connectivity index (χ3v) is 2.55. The summed E-state index contributed by atoms with van der Waals surface area (Å²) in [7, 11) is 1.77. The fourth-order valence-electron chi connectivity index (χ4n) is 1.64. The summed E-state index contributed by atoms with van der Waals surface area (Å²) in [6, 6.07) is 1.95. The van der Waals surface area contributed by atoms with E-state index in [-0.39, 0.29) is 6.54 Å². The van der Waals surface area contributed by atoms with Crippen molar-refractivity contribution in [3.8, 4) is 0 Å². The van der Waals surface area contributed by atoms with E-state index in [4.69, 9.17) is 0 Å². The number of hydrogen-bond donors (Lipinski definition) is 1. The highest BCUT2D eigenvalue weighted by Crippen LogP contribution is 2.13. The molecule has 0 saturated carbocycles. The summed E-state index contributed by atoms with van der Waals surface area (Å²) in [5.74, 6) is -3.11. The van der Waals surface area contributed by atoms with Gasteiger partial charge in [-0.3, -0.25) is 4.68 Å². The Labute approximate surface area is 108 Å². The Balaban J connectivity index is 1.83. The molecule has 102 valence electrons. The minimum Gasteiger partial charge on any atom is -0.312 e. The number of benzene rings is 1. The number of hydrogen-bond acceptors (Lipinski definition) is 3. The maximum absolute atomic E-state index is 13.0. The van der Waals surface area contributed by atoms with Gasteiger partial charge >= 0.3 is 0 Å². The lowest BCUT2D eigenvalue weighted by Crippen LogP contribution is -2.17. The van der Waals surface area contributed by atoms with Crippen molar-refractivity contribution >= 4 is 0 Å². The molecule has 1 aromatic carbocycles. The van der Waals surface area contributed by atoms with Gasteiger partial charge in [-0.2, -0.15) is 5.10 Å². The fourth-order valence-corrected chi connectivity index (χ4v) is 1.64. The van der Waals surface area contributed by atoms with Crippen molar-refractivity contribution in [3.63, 3.8) is 0 Å². The van der Waals surface area contributed by atoms with E-state index in [0.717, 1.165) is 12.1 Å². The van der Waals surface area contributed by atoms with Crippen LogP contribution in [0.15, 0.2) is 18.5 Å². The van der Waals surface area contributed by atoms with Crippen molar-refractivity contribution in [1.82, 2.24) is 20.1 Å². The molecule has 2 aromatic rings. The molecule has 0 saturated heterocycles. The van der Waals surface area contributed by atoms with E-state index in [2.05, 4.69) is 15.4 Å². The SMILES string of the molecule is Cn1cnc(CCNCc2cc(F)c(F)c(F)c2)n1. The molecule has 0 bridgehead atoms. The summed E-state index contributed by atoms with van der Waals surface area (Å²) in [6.45, 7) is 0.811.